The number of carbonyl (C=O) groups excluding carboxylic acids is 2. The molecule has 2 aromatic carbocycles. The number of rotatable bonds is 9. The van der Waals surface area contributed by atoms with Crippen molar-refractivity contribution in [3.8, 4) is 0 Å². The van der Waals surface area contributed by atoms with Gasteiger partial charge in [-0.25, -0.2) is 4.98 Å². The smallest absolute Gasteiger partial charge is 0.276 e. The van der Waals surface area contributed by atoms with Crippen LogP contribution in [-0.2, 0) is 0 Å². The van der Waals surface area contributed by atoms with Gasteiger partial charge in [0.1, 0.15) is 0 Å². The minimum absolute atomic E-state index is 0.150. The van der Waals surface area contributed by atoms with Crippen LogP contribution in [0.15, 0.2) is 71.9 Å². The van der Waals surface area contributed by atoms with Crippen molar-refractivity contribution >= 4 is 28.3 Å². The number of carbonyl (C=O) groups is 2. The lowest BCUT2D eigenvalue weighted by Gasteiger charge is -2.19. The summed E-state index contributed by atoms with van der Waals surface area (Å²) in [6.45, 7) is 3.13. The van der Waals surface area contributed by atoms with Crippen LogP contribution >= 0.6 is 0 Å². The number of hydrogen-bond acceptors (Lipinski definition) is 6. The molecule has 1 aliphatic heterocycles. The van der Waals surface area contributed by atoms with Crippen LogP contribution in [0.4, 0.5) is 5.69 Å². The monoisotopic (exact) mass is 549 g/mol. The Morgan fingerprint density at radius 3 is 2.63 bits per heavy atom. The highest BCUT2D eigenvalue weighted by atomic mass is 16.2. The summed E-state index contributed by atoms with van der Waals surface area (Å²) in [5.41, 5.74) is 4.28. The fourth-order valence-corrected chi connectivity index (χ4v) is 5.54. The molecule has 41 heavy (non-hydrogen) atoms. The van der Waals surface area contributed by atoms with Crippen molar-refractivity contribution in [3.05, 3.63) is 94.9 Å². The molecule has 1 saturated heterocycles. The summed E-state index contributed by atoms with van der Waals surface area (Å²) in [5, 5.41) is 14.6. The van der Waals surface area contributed by atoms with Crippen LogP contribution in [0.25, 0.3) is 10.8 Å². The Balaban J connectivity index is 1.34. The first kappa shape index (κ1) is 26.8. The predicted molar refractivity (Wildman–Crippen MR) is 159 cm³/mol. The lowest BCUT2D eigenvalue weighted by molar-refractivity contribution is 0.0963. The Hall–Kier alpha value is -4.37. The quantitative estimate of drug-likeness (QED) is 0.283. The predicted octanol–water partition coefficient (Wildman–Crippen LogP) is 4.58. The maximum absolute atomic E-state index is 13.0. The third kappa shape index (κ3) is 6.20. The van der Waals surface area contributed by atoms with Crippen molar-refractivity contribution in [1.82, 2.24) is 25.4 Å². The van der Waals surface area contributed by atoms with Crippen molar-refractivity contribution in [3.63, 3.8) is 0 Å². The SMILES string of the molecule is CNC(=O)c1cccc2c(=NC(CCN3CCCC3)c3cccc(NC(=O)c4cc(C5CC5)[nH]n4)c3)ncccc12. The zero-order valence-electron chi connectivity index (χ0n) is 23.3. The number of amides is 2. The number of benzene rings is 2. The Morgan fingerprint density at radius 1 is 1.02 bits per heavy atom. The number of H-pyrrole nitrogens is 1. The van der Waals surface area contributed by atoms with E-state index in [1.807, 2.05) is 54.6 Å². The van der Waals surface area contributed by atoms with Crippen LogP contribution in [0.3, 0.4) is 0 Å². The highest BCUT2D eigenvalue weighted by Gasteiger charge is 2.26. The number of hydrogen-bond donors (Lipinski definition) is 3. The largest absolute Gasteiger partial charge is 0.355 e. The Bertz CT molecular complexity index is 1640. The van der Waals surface area contributed by atoms with Gasteiger partial charge < -0.3 is 15.5 Å². The van der Waals surface area contributed by atoms with Gasteiger partial charge in [0, 0.05) is 48.0 Å². The Labute approximate surface area is 239 Å². The molecule has 2 fully saturated rings. The molecule has 4 aromatic rings. The van der Waals surface area contributed by atoms with Crippen molar-refractivity contribution in [2.75, 3.05) is 32.0 Å². The van der Waals surface area contributed by atoms with Crippen LogP contribution < -0.4 is 16.1 Å². The van der Waals surface area contributed by atoms with Crippen LogP contribution in [0, 0.1) is 0 Å². The van der Waals surface area contributed by atoms with Gasteiger partial charge in [0.25, 0.3) is 11.8 Å². The molecule has 3 N–H and O–H groups in total. The van der Waals surface area contributed by atoms with Gasteiger partial charge in [-0.15, -0.1) is 0 Å². The molecule has 9 nitrogen and oxygen atoms in total. The first-order valence-electron chi connectivity index (χ1n) is 14.4. The van der Waals surface area contributed by atoms with Gasteiger partial charge >= 0.3 is 0 Å². The fraction of sp³-hybridized carbons (Fsp3) is 0.344. The van der Waals surface area contributed by atoms with E-state index < -0.39 is 0 Å². The molecule has 1 unspecified atom stereocenters. The number of nitrogens with one attached hydrogen (secondary N) is 3. The average molecular weight is 550 g/mol. The summed E-state index contributed by atoms with van der Waals surface area (Å²) in [5.74, 6) is 0.116. The molecule has 1 saturated carbocycles. The van der Waals surface area contributed by atoms with Gasteiger partial charge in [-0.2, -0.15) is 5.10 Å². The van der Waals surface area contributed by atoms with Crippen molar-refractivity contribution in [1.29, 1.82) is 0 Å². The molecule has 210 valence electrons. The molecule has 0 radical (unpaired) electrons. The molecule has 9 heteroatoms. The number of likely N-dealkylation sites (tertiary alicyclic amines) is 1. The van der Waals surface area contributed by atoms with Gasteiger partial charge in [0.2, 0.25) is 0 Å². The van der Waals surface area contributed by atoms with Gasteiger partial charge in [-0.1, -0.05) is 30.3 Å². The minimum atomic E-state index is -0.236. The van der Waals surface area contributed by atoms with Gasteiger partial charge in [0.15, 0.2) is 11.2 Å². The van der Waals surface area contributed by atoms with E-state index in [0.717, 1.165) is 60.9 Å². The van der Waals surface area contributed by atoms with E-state index in [0.29, 0.717) is 28.4 Å². The highest BCUT2D eigenvalue weighted by molar-refractivity contribution is 6.06. The second-order valence-corrected chi connectivity index (χ2v) is 10.9. The van der Waals surface area contributed by atoms with Crippen molar-refractivity contribution in [2.45, 2.75) is 44.1 Å². The fourth-order valence-electron chi connectivity index (χ4n) is 5.54. The van der Waals surface area contributed by atoms with Crippen LogP contribution in [0.1, 0.15) is 76.2 Å². The minimum Gasteiger partial charge on any atom is -0.355 e. The summed E-state index contributed by atoms with van der Waals surface area (Å²) >= 11 is 0. The third-order valence-electron chi connectivity index (χ3n) is 7.94. The number of anilines is 1. The molecule has 1 aliphatic carbocycles. The van der Waals surface area contributed by atoms with Crippen LogP contribution in [0.2, 0.25) is 0 Å². The highest BCUT2D eigenvalue weighted by Crippen LogP contribution is 2.39. The number of aromatic amines is 1. The normalized spacial score (nSPS) is 16.6. The maximum Gasteiger partial charge on any atom is 0.276 e. The van der Waals surface area contributed by atoms with Crippen LogP contribution in [-0.4, -0.2) is 58.6 Å². The molecule has 2 aromatic heterocycles. The third-order valence-corrected chi connectivity index (χ3v) is 7.94. The number of aromatic nitrogens is 3. The molecule has 6 rings (SSSR count). The van der Waals surface area contributed by atoms with Gasteiger partial charge in [-0.05, 0) is 86.5 Å². The van der Waals surface area contributed by atoms with E-state index in [4.69, 9.17) is 4.99 Å². The lowest BCUT2D eigenvalue weighted by atomic mass is 10.0. The first-order chi connectivity index (χ1) is 20.1. The molecule has 2 amide bonds. The summed E-state index contributed by atoms with van der Waals surface area (Å²) in [7, 11) is 1.63. The van der Waals surface area contributed by atoms with Crippen LogP contribution in [0.5, 0.6) is 0 Å². The van der Waals surface area contributed by atoms with E-state index in [9.17, 15) is 9.59 Å². The van der Waals surface area contributed by atoms with E-state index in [2.05, 4.69) is 36.8 Å². The summed E-state index contributed by atoms with van der Waals surface area (Å²) in [6.07, 6.45) is 7.26. The Morgan fingerprint density at radius 2 is 1.83 bits per heavy atom. The van der Waals surface area contributed by atoms with E-state index in [-0.39, 0.29) is 17.9 Å². The molecular formula is C32H35N7O2. The first-order valence-corrected chi connectivity index (χ1v) is 14.4. The maximum atomic E-state index is 13.0. The lowest BCUT2D eigenvalue weighted by Crippen LogP contribution is -2.23. The zero-order valence-corrected chi connectivity index (χ0v) is 23.3. The summed E-state index contributed by atoms with van der Waals surface area (Å²) in [4.78, 5) is 37.9. The Kier molecular flexibility index (Phi) is 7.86. The molecule has 0 bridgehead atoms. The van der Waals surface area contributed by atoms with Crippen molar-refractivity contribution < 1.29 is 9.59 Å². The number of nitrogens with zero attached hydrogens (tertiary/aromatic N) is 4. The molecule has 3 heterocycles. The van der Waals surface area contributed by atoms with E-state index >= 15 is 0 Å². The summed E-state index contributed by atoms with van der Waals surface area (Å²) < 4.78 is 0. The standard InChI is InChI=1S/C32H35N7O2/c1-33-31(40)26-10-5-9-25-24(26)11-6-15-34-30(25)36-27(14-18-39-16-2-3-17-39)22-7-4-8-23(19-22)35-32(41)29-20-28(37-38-29)21-12-13-21/h4-11,15,19-21,27H,2-3,12-14,16-18H2,1H3,(H,33,40)(H,35,41)(H,37,38). The topological polar surface area (TPSA) is 115 Å². The second kappa shape index (κ2) is 12.0. The van der Waals surface area contributed by atoms with Gasteiger partial charge in [-0.3, -0.25) is 19.7 Å². The second-order valence-electron chi connectivity index (χ2n) is 10.9. The van der Waals surface area contributed by atoms with E-state index in [1.54, 1.807) is 13.2 Å². The number of fused-ring (bicyclic) bond motifs is 1. The average Bonchev–Trinajstić information content (AvgIpc) is 3.55. The van der Waals surface area contributed by atoms with Gasteiger partial charge in [0.05, 0.1) is 6.04 Å². The molecule has 1 atom stereocenters. The molecule has 0 spiro atoms. The van der Waals surface area contributed by atoms with E-state index in [1.165, 1.54) is 12.8 Å². The zero-order chi connectivity index (χ0) is 28.2. The summed E-state index contributed by atoms with van der Waals surface area (Å²) in [6, 6.07) is 18.9. The molecular weight excluding hydrogens is 514 g/mol. The van der Waals surface area contributed by atoms with Crippen molar-refractivity contribution in [2.24, 2.45) is 4.99 Å². The molecule has 2 aliphatic rings.